The number of aromatic nitrogens is 4. The smallest absolute Gasteiger partial charge is 0.203 e. The van der Waals surface area contributed by atoms with Crippen LogP contribution in [0.5, 0.6) is 0 Å². The van der Waals surface area contributed by atoms with E-state index in [1.54, 1.807) is 0 Å². The summed E-state index contributed by atoms with van der Waals surface area (Å²) in [5.74, 6) is 0.957. The van der Waals surface area contributed by atoms with Crippen molar-refractivity contribution in [3.05, 3.63) is 30.4 Å². The van der Waals surface area contributed by atoms with Crippen LogP contribution in [0.3, 0.4) is 0 Å². The summed E-state index contributed by atoms with van der Waals surface area (Å²) < 4.78 is 2.21. The van der Waals surface area contributed by atoms with E-state index in [2.05, 4.69) is 25.1 Å². The molecule has 0 unspecified atom stereocenters. The van der Waals surface area contributed by atoms with Gasteiger partial charge in [0.1, 0.15) is 0 Å². The SMILES string of the molecule is c1cn(C2CC2)c(NCc2cn[nH]c2)n1. The number of nitrogens with zero attached hydrogens (tertiary/aromatic N) is 3. The average Bonchev–Trinajstić information content (AvgIpc) is 2.81. The van der Waals surface area contributed by atoms with Crippen LogP contribution >= 0.6 is 0 Å². The van der Waals surface area contributed by atoms with Gasteiger partial charge < -0.3 is 9.88 Å². The molecule has 1 saturated carbocycles. The summed E-state index contributed by atoms with van der Waals surface area (Å²) in [6.45, 7) is 0.764. The topological polar surface area (TPSA) is 58.5 Å². The number of rotatable bonds is 4. The molecule has 2 aromatic rings. The highest BCUT2D eigenvalue weighted by molar-refractivity contribution is 5.29. The van der Waals surface area contributed by atoms with E-state index in [1.807, 2.05) is 24.8 Å². The molecule has 0 aromatic carbocycles. The maximum Gasteiger partial charge on any atom is 0.203 e. The first-order valence-corrected chi connectivity index (χ1v) is 5.18. The lowest BCUT2D eigenvalue weighted by Crippen LogP contribution is -2.05. The lowest BCUT2D eigenvalue weighted by Gasteiger charge is -2.07. The van der Waals surface area contributed by atoms with Crippen LogP contribution in [0.1, 0.15) is 24.4 Å². The first-order valence-electron chi connectivity index (χ1n) is 5.18. The van der Waals surface area contributed by atoms with E-state index in [-0.39, 0.29) is 0 Å². The maximum atomic E-state index is 4.30. The second-order valence-corrected chi connectivity index (χ2v) is 3.85. The molecule has 2 aromatic heterocycles. The van der Waals surface area contributed by atoms with E-state index in [1.165, 1.54) is 12.8 Å². The molecule has 1 fully saturated rings. The fourth-order valence-corrected chi connectivity index (χ4v) is 1.65. The number of nitrogens with one attached hydrogen (secondary N) is 2. The Balaban J connectivity index is 1.68. The molecule has 5 nitrogen and oxygen atoms in total. The molecule has 1 aliphatic carbocycles. The van der Waals surface area contributed by atoms with Crippen molar-refractivity contribution >= 4 is 5.95 Å². The van der Waals surface area contributed by atoms with Crippen molar-refractivity contribution in [2.75, 3.05) is 5.32 Å². The van der Waals surface area contributed by atoms with Gasteiger partial charge in [0.25, 0.3) is 0 Å². The van der Waals surface area contributed by atoms with Gasteiger partial charge in [0, 0.05) is 36.7 Å². The maximum absolute atomic E-state index is 4.30. The molecule has 2 N–H and O–H groups in total. The second kappa shape index (κ2) is 3.42. The fraction of sp³-hybridized carbons (Fsp3) is 0.400. The molecule has 78 valence electrons. The van der Waals surface area contributed by atoms with Crippen LogP contribution in [-0.2, 0) is 6.54 Å². The van der Waals surface area contributed by atoms with Gasteiger partial charge >= 0.3 is 0 Å². The molecule has 3 rings (SSSR count). The summed E-state index contributed by atoms with van der Waals surface area (Å²) in [5.41, 5.74) is 1.14. The summed E-state index contributed by atoms with van der Waals surface area (Å²) in [4.78, 5) is 4.30. The van der Waals surface area contributed by atoms with Gasteiger partial charge in [0.15, 0.2) is 0 Å². The molecular weight excluding hydrogens is 190 g/mol. The highest BCUT2D eigenvalue weighted by Crippen LogP contribution is 2.36. The molecule has 15 heavy (non-hydrogen) atoms. The van der Waals surface area contributed by atoms with Gasteiger partial charge in [-0.2, -0.15) is 5.10 Å². The Morgan fingerprint density at radius 1 is 1.53 bits per heavy atom. The van der Waals surface area contributed by atoms with Crippen molar-refractivity contribution in [3.8, 4) is 0 Å². The van der Waals surface area contributed by atoms with Gasteiger partial charge in [-0.15, -0.1) is 0 Å². The molecule has 0 amide bonds. The van der Waals surface area contributed by atoms with Gasteiger partial charge in [-0.25, -0.2) is 4.98 Å². The van der Waals surface area contributed by atoms with Crippen LogP contribution in [0.15, 0.2) is 24.8 Å². The summed E-state index contributed by atoms with van der Waals surface area (Å²) in [6.07, 6.45) is 10.1. The van der Waals surface area contributed by atoms with Crippen molar-refractivity contribution in [1.82, 2.24) is 19.7 Å². The molecule has 5 heteroatoms. The van der Waals surface area contributed by atoms with Crippen LogP contribution < -0.4 is 5.32 Å². The molecule has 1 aliphatic rings. The fourth-order valence-electron chi connectivity index (χ4n) is 1.65. The van der Waals surface area contributed by atoms with Crippen LogP contribution in [0.4, 0.5) is 5.95 Å². The van der Waals surface area contributed by atoms with Crippen LogP contribution in [0, 0.1) is 0 Å². The zero-order valence-electron chi connectivity index (χ0n) is 8.35. The minimum Gasteiger partial charge on any atom is -0.351 e. The van der Waals surface area contributed by atoms with E-state index < -0.39 is 0 Å². The normalized spacial score (nSPS) is 15.5. The Morgan fingerprint density at radius 2 is 2.47 bits per heavy atom. The number of hydrogen-bond donors (Lipinski definition) is 2. The van der Waals surface area contributed by atoms with Crippen molar-refractivity contribution in [2.45, 2.75) is 25.4 Å². The van der Waals surface area contributed by atoms with Crippen molar-refractivity contribution in [1.29, 1.82) is 0 Å². The first kappa shape index (κ1) is 8.52. The van der Waals surface area contributed by atoms with Crippen molar-refractivity contribution in [3.63, 3.8) is 0 Å². The zero-order valence-corrected chi connectivity index (χ0v) is 8.35. The summed E-state index contributed by atoms with van der Waals surface area (Å²) in [6, 6.07) is 0.666. The van der Waals surface area contributed by atoms with Crippen LogP contribution in [-0.4, -0.2) is 19.7 Å². The van der Waals surface area contributed by atoms with Gasteiger partial charge in [0.05, 0.1) is 6.20 Å². The zero-order chi connectivity index (χ0) is 10.1. The molecule has 0 spiro atoms. The van der Waals surface area contributed by atoms with Gasteiger partial charge in [0.2, 0.25) is 5.95 Å². The van der Waals surface area contributed by atoms with Crippen LogP contribution in [0.2, 0.25) is 0 Å². The van der Waals surface area contributed by atoms with Crippen molar-refractivity contribution in [2.24, 2.45) is 0 Å². The quantitative estimate of drug-likeness (QED) is 0.792. The van der Waals surface area contributed by atoms with Gasteiger partial charge in [-0.3, -0.25) is 5.10 Å². The predicted molar refractivity (Wildman–Crippen MR) is 56.4 cm³/mol. The molecule has 0 bridgehead atoms. The standard InChI is InChI=1S/C10H13N5/c1-2-9(1)15-4-3-11-10(15)12-5-8-6-13-14-7-8/h3-4,6-7,9H,1-2,5H2,(H,11,12)(H,13,14). The molecule has 2 heterocycles. The summed E-state index contributed by atoms with van der Waals surface area (Å²) in [5, 5.41) is 10.0. The lowest BCUT2D eigenvalue weighted by atomic mass is 10.4. The molecule has 0 aliphatic heterocycles. The average molecular weight is 203 g/mol. The van der Waals surface area contributed by atoms with E-state index in [4.69, 9.17) is 0 Å². The largest absolute Gasteiger partial charge is 0.351 e. The summed E-state index contributed by atoms with van der Waals surface area (Å²) >= 11 is 0. The third-order valence-electron chi connectivity index (χ3n) is 2.61. The van der Waals surface area contributed by atoms with E-state index >= 15 is 0 Å². The Kier molecular flexibility index (Phi) is 1.94. The van der Waals surface area contributed by atoms with Crippen LogP contribution in [0.25, 0.3) is 0 Å². The molecule has 0 saturated heterocycles. The van der Waals surface area contributed by atoms with Crippen molar-refractivity contribution < 1.29 is 0 Å². The minimum absolute atomic E-state index is 0.666. The summed E-state index contributed by atoms with van der Waals surface area (Å²) in [7, 11) is 0. The Hall–Kier alpha value is -1.78. The highest BCUT2D eigenvalue weighted by atomic mass is 15.2. The predicted octanol–water partition coefficient (Wildman–Crippen LogP) is 1.55. The third-order valence-corrected chi connectivity index (χ3v) is 2.61. The minimum atomic E-state index is 0.666. The molecular formula is C10H13N5. The number of aromatic amines is 1. The number of anilines is 1. The second-order valence-electron chi connectivity index (χ2n) is 3.85. The molecule has 0 atom stereocenters. The Labute approximate surface area is 87.5 Å². The number of H-pyrrole nitrogens is 1. The lowest BCUT2D eigenvalue weighted by molar-refractivity contribution is 0.743. The Morgan fingerprint density at radius 3 is 3.20 bits per heavy atom. The first-order chi connectivity index (χ1) is 7.43. The number of hydrogen-bond acceptors (Lipinski definition) is 3. The third kappa shape index (κ3) is 1.72. The monoisotopic (exact) mass is 203 g/mol. The Bertz CT molecular complexity index is 426. The van der Waals surface area contributed by atoms with E-state index in [0.29, 0.717) is 6.04 Å². The van der Waals surface area contributed by atoms with Gasteiger partial charge in [-0.1, -0.05) is 0 Å². The molecule has 0 radical (unpaired) electrons. The van der Waals surface area contributed by atoms with E-state index in [0.717, 1.165) is 18.1 Å². The number of imidazole rings is 1. The highest BCUT2D eigenvalue weighted by Gasteiger charge is 2.25. The van der Waals surface area contributed by atoms with Gasteiger partial charge in [-0.05, 0) is 12.8 Å². The van der Waals surface area contributed by atoms with E-state index in [9.17, 15) is 0 Å².